The number of rotatable bonds is 2. The van der Waals surface area contributed by atoms with Gasteiger partial charge in [-0.15, -0.1) is 0 Å². The number of hydrogen-bond acceptors (Lipinski definition) is 3. The van der Waals surface area contributed by atoms with E-state index in [1.54, 1.807) is 0 Å². The van der Waals surface area contributed by atoms with Crippen molar-refractivity contribution in [1.82, 2.24) is 4.90 Å². The summed E-state index contributed by atoms with van der Waals surface area (Å²) in [7, 11) is 0. The minimum Gasteiger partial charge on any atom is -0.378 e. The largest absolute Gasteiger partial charge is 0.378 e. The molecule has 0 aromatic heterocycles. The third kappa shape index (κ3) is 2.73. The topological polar surface area (TPSA) is 53.3 Å². The molecular weight excluding hydrogens is 204 g/mol. The van der Waals surface area contributed by atoms with Gasteiger partial charge in [-0.1, -0.05) is 0 Å². The lowest BCUT2D eigenvalue weighted by Crippen LogP contribution is -2.39. The Morgan fingerprint density at radius 1 is 1.38 bits per heavy atom. The molecule has 0 spiro atoms. The van der Waals surface area contributed by atoms with E-state index in [1.165, 1.54) is 0 Å². The smallest absolute Gasteiger partial charge is 0.225 e. The fourth-order valence-electron chi connectivity index (χ4n) is 2.39. The Labute approximate surface area is 96.2 Å². The molecular formula is C12H18N2O2. The molecule has 0 radical (unpaired) electrons. The molecule has 2 fully saturated rings. The zero-order valence-electron chi connectivity index (χ0n) is 9.52. The van der Waals surface area contributed by atoms with Gasteiger partial charge in [0.05, 0.1) is 18.6 Å². The maximum atomic E-state index is 11.9. The summed E-state index contributed by atoms with van der Waals surface area (Å²) in [5, 5.41) is 8.77. The Morgan fingerprint density at radius 3 is 2.69 bits per heavy atom. The molecule has 4 heteroatoms. The monoisotopic (exact) mass is 222 g/mol. The normalized spacial score (nSPS) is 26.7. The first-order valence-corrected chi connectivity index (χ1v) is 6.08. The van der Waals surface area contributed by atoms with Crippen LogP contribution in [0.3, 0.4) is 0 Å². The molecule has 0 saturated carbocycles. The molecule has 1 unspecified atom stereocenters. The summed E-state index contributed by atoms with van der Waals surface area (Å²) in [5.74, 6) is 0.343. The quantitative estimate of drug-likeness (QED) is 0.708. The summed E-state index contributed by atoms with van der Waals surface area (Å²) in [5.41, 5.74) is 0. The Hall–Kier alpha value is -1.08. The molecule has 2 rings (SSSR count). The van der Waals surface area contributed by atoms with Crippen molar-refractivity contribution in [3.63, 3.8) is 0 Å². The first-order valence-electron chi connectivity index (χ1n) is 6.08. The van der Waals surface area contributed by atoms with Crippen LogP contribution >= 0.6 is 0 Å². The van der Waals surface area contributed by atoms with Crippen LogP contribution in [0.2, 0.25) is 0 Å². The molecule has 4 nitrogen and oxygen atoms in total. The summed E-state index contributed by atoms with van der Waals surface area (Å²) >= 11 is 0. The molecule has 0 aromatic carbocycles. The lowest BCUT2D eigenvalue weighted by molar-refractivity contribution is -0.134. The van der Waals surface area contributed by atoms with E-state index in [9.17, 15) is 4.79 Å². The van der Waals surface area contributed by atoms with Crippen LogP contribution < -0.4 is 0 Å². The Balaban J connectivity index is 1.75. The molecule has 88 valence electrons. The highest BCUT2D eigenvalue weighted by molar-refractivity contribution is 5.76. The van der Waals surface area contributed by atoms with Crippen LogP contribution in [-0.2, 0) is 9.53 Å². The van der Waals surface area contributed by atoms with Crippen LogP contribution in [-0.4, -0.2) is 36.6 Å². The van der Waals surface area contributed by atoms with Crippen LogP contribution in [0.25, 0.3) is 0 Å². The summed E-state index contributed by atoms with van der Waals surface area (Å²) in [4.78, 5) is 13.8. The highest BCUT2D eigenvalue weighted by atomic mass is 16.5. The Kier molecular flexibility index (Phi) is 3.79. The van der Waals surface area contributed by atoms with E-state index < -0.39 is 0 Å². The average Bonchev–Trinajstić information content (AvgIpc) is 2.82. The summed E-state index contributed by atoms with van der Waals surface area (Å²) in [6.07, 6.45) is 4.41. The highest BCUT2D eigenvalue weighted by Crippen LogP contribution is 2.20. The lowest BCUT2D eigenvalue weighted by atomic mass is 9.98. The first kappa shape index (κ1) is 11.4. The van der Waals surface area contributed by atoms with Gasteiger partial charge >= 0.3 is 0 Å². The van der Waals surface area contributed by atoms with Crippen molar-refractivity contribution < 1.29 is 9.53 Å². The first-order chi connectivity index (χ1) is 7.79. The molecule has 2 heterocycles. The van der Waals surface area contributed by atoms with Gasteiger partial charge in [-0.25, -0.2) is 0 Å². The van der Waals surface area contributed by atoms with E-state index in [0.717, 1.165) is 45.4 Å². The molecule has 0 N–H and O–H groups in total. The molecule has 1 atom stereocenters. The van der Waals surface area contributed by atoms with Crippen molar-refractivity contribution in [2.75, 3.05) is 19.7 Å². The molecule has 1 amide bonds. The van der Waals surface area contributed by atoms with E-state index in [-0.39, 0.29) is 17.9 Å². The van der Waals surface area contributed by atoms with Crippen LogP contribution in [0.15, 0.2) is 0 Å². The number of ether oxygens (including phenoxy) is 1. The number of nitrogens with zero attached hydrogens (tertiary/aromatic N) is 2. The van der Waals surface area contributed by atoms with Gasteiger partial charge in [0.1, 0.15) is 0 Å². The third-order valence-electron chi connectivity index (χ3n) is 3.46. The molecule has 2 aliphatic heterocycles. The van der Waals surface area contributed by atoms with Crippen LogP contribution in [0.1, 0.15) is 32.1 Å². The predicted octanol–water partition coefficient (Wildman–Crippen LogP) is 1.32. The van der Waals surface area contributed by atoms with Gasteiger partial charge in [0.15, 0.2) is 0 Å². The van der Waals surface area contributed by atoms with Crippen LogP contribution in [0.4, 0.5) is 0 Å². The fraction of sp³-hybridized carbons (Fsp3) is 0.833. The van der Waals surface area contributed by atoms with Gasteiger partial charge < -0.3 is 9.64 Å². The molecule has 2 aliphatic rings. The van der Waals surface area contributed by atoms with Gasteiger partial charge in [-0.05, 0) is 25.7 Å². The van der Waals surface area contributed by atoms with Crippen LogP contribution in [0, 0.1) is 17.2 Å². The Morgan fingerprint density at radius 2 is 2.12 bits per heavy atom. The lowest BCUT2D eigenvalue weighted by Gasteiger charge is -2.29. The maximum Gasteiger partial charge on any atom is 0.225 e. The molecule has 0 bridgehead atoms. The fourth-order valence-corrected chi connectivity index (χ4v) is 2.39. The second-order valence-corrected chi connectivity index (χ2v) is 4.62. The van der Waals surface area contributed by atoms with Crippen molar-refractivity contribution in [3.8, 4) is 6.07 Å². The van der Waals surface area contributed by atoms with E-state index >= 15 is 0 Å². The molecule has 0 aromatic rings. The van der Waals surface area contributed by atoms with E-state index in [0.29, 0.717) is 6.42 Å². The van der Waals surface area contributed by atoms with Gasteiger partial charge in [0.25, 0.3) is 0 Å². The third-order valence-corrected chi connectivity index (χ3v) is 3.46. The van der Waals surface area contributed by atoms with Crippen molar-refractivity contribution in [2.45, 2.75) is 38.2 Å². The minimum absolute atomic E-state index is 0.140. The Bertz CT molecular complexity index is 284. The van der Waals surface area contributed by atoms with E-state index in [1.807, 2.05) is 4.90 Å². The zero-order valence-corrected chi connectivity index (χ0v) is 9.52. The number of carbonyl (C=O) groups is 1. The maximum absolute atomic E-state index is 11.9. The number of amides is 1. The van der Waals surface area contributed by atoms with E-state index in [4.69, 9.17) is 10.00 Å². The molecule has 0 aliphatic carbocycles. The van der Waals surface area contributed by atoms with E-state index in [2.05, 4.69) is 6.07 Å². The number of nitriles is 1. The standard InChI is InChI=1S/C12H18N2O2/c13-9-10-3-5-14(6-4-10)12(15)8-11-2-1-7-16-11/h10-11H,1-8H2. The van der Waals surface area contributed by atoms with Crippen molar-refractivity contribution >= 4 is 5.91 Å². The van der Waals surface area contributed by atoms with Crippen molar-refractivity contribution in [2.24, 2.45) is 5.92 Å². The highest BCUT2D eigenvalue weighted by Gasteiger charge is 2.26. The van der Waals surface area contributed by atoms with Gasteiger partial charge in [-0.3, -0.25) is 4.79 Å². The van der Waals surface area contributed by atoms with Crippen molar-refractivity contribution in [3.05, 3.63) is 0 Å². The second kappa shape index (κ2) is 5.31. The molecule has 16 heavy (non-hydrogen) atoms. The SMILES string of the molecule is N#CC1CCN(C(=O)CC2CCCO2)CC1. The van der Waals surface area contributed by atoms with Gasteiger partial charge in [0.2, 0.25) is 5.91 Å². The molecule has 2 saturated heterocycles. The van der Waals surface area contributed by atoms with Gasteiger partial charge in [-0.2, -0.15) is 5.26 Å². The summed E-state index contributed by atoms with van der Waals surface area (Å²) in [6.45, 7) is 2.28. The zero-order chi connectivity index (χ0) is 11.4. The average molecular weight is 222 g/mol. The van der Waals surface area contributed by atoms with Gasteiger partial charge in [0, 0.05) is 25.6 Å². The van der Waals surface area contributed by atoms with Crippen LogP contribution in [0.5, 0.6) is 0 Å². The second-order valence-electron chi connectivity index (χ2n) is 4.62. The number of piperidine rings is 1. The summed E-state index contributed by atoms with van der Waals surface area (Å²) < 4.78 is 5.46. The minimum atomic E-state index is 0.140. The van der Waals surface area contributed by atoms with Crippen molar-refractivity contribution in [1.29, 1.82) is 5.26 Å². The number of carbonyl (C=O) groups excluding carboxylic acids is 1. The number of hydrogen-bond donors (Lipinski definition) is 0. The predicted molar refractivity (Wildman–Crippen MR) is 58.5 cm³/mol. The summed E-state index contributed by atoms with van der Waals surface area (Å²) in [6, 6.07) is 2.27. The number of likely N-dealkylation sites (tertiary alicyclic amines) is 1.